The Morgan fingerprint density at radius 1 is 1.40 bits per heavy atom. The number of amidine groups is 1. The molecule has 1 aromatic carbocycles. The van der Waals surface area contributed by atoms with Gasteiger partial charge in [0.25, 0.3) is 0 Å². The van der Waals surface area contributed by atoms with Gasteiger partial charge in [0, 0.05) is 30.5 Å². The number of H-pyrrole nitrogens is 1. The Labute approximate surface area is 147 Å². The third-order valence-electron chi connectivity index (χ3n) is 4.14. The van der Waals surface area contributed by atoms with Gasteiger partial charge < -0.3 is 15.0 Å². The van der Waals surface area contributed by atoms with E-state index in [1.165, 1.54) is 0 Å². The van der Waals surface area contributed by atoms with Crippen molar-refractivity contribution >= 4 is 17.9 Å². The summed E-state index contributed by atoms with van der Waals surface area (Å²) in [7, 11) is 1.66. The maximum Gasteiger partial charge on any atom is 0.175 e. The number of fused-ring (bicyclic) bond motifs is 1. The van der Waals surface area contributed by atoms with Crippen LogP contribution in [-0.4, -0.2) is 40.5 Å². The van der Waals surface area contributed by atoms with Gasteiger partial charge in [0.05, 0.1) is 6.61 Å². The lowest BCUT2D eigenvalue weighted by molar-refractivity contribution is -0.114. The van der Waals surface area contributed by atoms with E-state index in [4.69, 9.17) is 4.74 Å². The summed E-state index contributed by atoms with van der Waals surface area (Å²) in [6.07, 6.45) is 0.956. The largest absolute Gasteiger partial charge is 0.380 e. The van der Waals surface area contributed by atoms with E-state index in [1.54, 1.807) is 7.11 Å². The van der Waals surface area contributed by atoms with Gasteiger partial charge in [-0.25, -0.2) is 10.0 Å². The van der Waals surface area contributed by atoms with Crippen molar-refractivity contribution in [3.8, 4) is 0 Å². The van der Waals surface area contributed by atoms with Gasteiger partial charge in [0.1, 0.15) is 12.3 Å². The summed E-state index contributed by atoms with van der Waals surface area (Å²) < 4.78 is 5.23. The van der Waals surface area contributed by atoms with Crippen molar-refractivity contribution in [2.24, 2.45) is 4.99 Å². The van der Waals surface area contributed by atoms with Crippen LogP contribution in [0, 0.1) is 6.92 Å². The van der Waals surface area contributed by atoms with Crippen LogP contribution >= 0.6 is 0 Å². The number of carbonyl (C=O) groups is 1. The van der Waals surface area contributed by atoms with Gasteiger partial charge in [-0.15, -0.1) is 0 Å². The first kappa shape index (κ1) is 17.3. The molecule has 3 rings (SSSR count). The van der Waals surface area contributed by atoms with Gasteiger partial charge in [-0.05, 0) is 38.0 Å². The van der Waals surface area contributed by atoms with E-state index >= 15 is 0 Å². The number of nitrogens with zero attached hydrogens (tertiary/aromatic N) is 3. The van der Waals surface area contributed by atoms with Gasteiger partial charge >= 0.3 is 0 Å². The second-order valence-electron chi connectivity index (χ2n) is 6.42. The minimum Gasteiger partial charge on any atom is -0.380 e. The minimum atomic E-state index is -0.369. The Kier molecular flexibility index (Phi) is 4.96. The van der Waals surface area contributed by atoms with Gasteiger partial charge in [-0.2, -0.15) is 5.10 Å². The Hall–Kier alpha value is -2.51. The van der Waals surface area contributed by atoms with Crippen molar-refractivity contribution < 1.29 is 9.53 Å². The van der Waals surface area contributed by atoms with Crippen LogP contribution in [0.5, 0.6) is 0 Å². The molecule has 25 heavy (non-hydrogen) atoms. The molecular weight excluding hydrogens is 318 g/mol. The molecule has 0 saturated heterocycles. The number of benzene rings is 1. The first-order valence-electron chi connectivity index (χ1n) is 8.26. The molecule has 7 nitrogen and oxygen atoms in total. The van der Waals surface area contributed by atoms with Crippen LogP contribution in [0.4, 0.5) is 5.82 Å². The molecule has 1 aliphatic heterocycles. The third-order valence-corrected chi connectivity index (χ3v) is 4.14. The second-order valence-corrected chi connectivity index (χ2v) is 6.42. The average Bonchev–Trinajstić information content (AvgIpc) is 2.99. The quantitative estimate of drug-likeness (QED) is 0.816. The second kappa shape index (κ2) is 7.16. The number of hydrogen-bond donors (Lipinski definition) is 2. The fraction of sp³-hybridized carbons (Fsp3) is 0.389. The molecule has 0 saturated carbocycles. The van der Waals surface area contributed by atoms with Crippen LogP contribution in [0.15, 0.2) is 29.3 Å². The van der Waals surface area contributed by atoms with Crippen molar-refractivity contribution in [2.45, 2.75) is 39.5 Å². The van der Waals surface area contributed by atoms with E-state index in [-0.39, 0.29) is 12.1 Å². The number of aromatic amines is 1. The zero-order valence-corrected chi connectivity index (χ0v) is 14.9. The van der Waals surface area contributed by atoms with E-state index < -0.39 is 0 Å². The van der Waals surface area contributed by atoms with E-state index in [9.17, 15) is 4.79 Å². The maximum absolute atomic E-state index is 11.8. The number of aromatic nitrogens is 2. The summed E-state index contributed by atoms with van der Waals surface area (Å²) in [5.74, 6) is 1.27. The third kappa shape index (κ3) is 3.47. The number of ether oxygens (including phenoxy) is 1. The van der Waals surface area contributed by atoms with Crippen molar-refractivity contribution in [3.63, 3.8) is 0 Å². The summed E-state index contributed by atoms with van der Waals surface area (Å²) in [6.45, 7) is 6.49. The maximum atomic E-state index is 11.8. The number of hydrazine groups is 1. The molecule has 7 heteroatoms. The molecule has 1 atom stereocenters. The molecule has 2 aromatic rings. The van der Waals surface area contributed by atoms with E-state index in [2.05, 4.69) is 20.6 Å². The van der Waals surface area contributed by atoms with Crippen LogP contribution < -0.4 is 5.43 Å². The van der Waals surface area contributed by atoms with Crippen LogP contribution in [0.2, 0.25) is 0 Å². The van der Waals surface area contributed by atoms with E-state index in [1.807, 2.05) is 50.0 Å². The van der Waals surface area contributed by atoms with Gasteiger partial charge in [0.15, 0.2) is 11.7 Å². The summed E-state index contributed by atoms with van der Waals surface area (Å²) in [5.41, 5.74) is 7.08. The number of aldehydes is 1. The average molecular weight is 341 g/mol. The van der Waals surface area contributed by atoms with Crippen LogP contribution in [0.1, 0.15) is 42.3 Å². The topological polar surface area (TPSA) is 82.6 Å². The molecule has 2 heterocycles. The number of aliphatic imine (C=N–C) groups is 1. The molecule has 0 aliphatic carbocycles. The number of aryl methyl sites for hydroxylation is 1. The number of rotatable bonds is 5. The lowest BCUT2D eigenvalue weighted by Crippen LogP contribution is -2.53. The summed E-state index contributed by atoms with van der Waals surface area (Å²) in [4.78, 5) is 16.4. The SMILES string of the molecule is COCc1ccc2c(c1)C(=Nc1cc(C)[nH]n1)NN(C(C)C)C2C=O. The van der Waals surface area contributed by atoms with Gasteiger partial charge in [-0.1, -0.05) is 12.1 Å². The van der Waals surface area contributed by atoms with Crippen LogP contribution in [-0.2, 0) is 16.1 Å². The number of methoxy groups -OCH3 is 1. The number of hydrogen-bond acceptors (Lipinski definition) is 5. The Bertz CT molecular complexity index is 797. The smallest absolute Gasteiger partial charge is 0.175 e. The zero-order chi connectivity index (χ0) is 18.0. The first-order chi connectivity index (χ1) is 12.0. The standard InChI is InChI=1S/C18H23N5O2/c1-11(2)23-16(9-24)14-6-5-13(10-25-4)8-15(14)18(22-23)19-17-7-12(3)20-21-17/h5-9,11,16H,10H2,1-4H3,(H2,19,20,21,22). The van der Waals surface area contributed by atoms with Crippen molar-refractivity contribution in [1.82, 2.24) is 20.6 Å². The molecule has 1 aliphatic rings. The zero-order valence-electron chi connectivity index (χ0n) is 14.9. The van der Waals surface area contributed by atoms with E-state index in [0.717, 1.165) is 28.7 Å². The highest BCUT2D eigenvalue weighted by Crippen LogP contribution is 2.29. The monoisotopic (exact) mass is 341 g/mol. The lowest BCUT2D eigenvalue weighted by atomic mass is 9.95. The molecule has 1 aromatic heterocycles. The van der Waals surface area contributed by atoms with Crippen LogP contribution in [0.3, 0.4) is 0 Å². The normalized spacial score (nSPS) is 19.1. The first-order valence-corrected chi connectivity index (χ1v) is 8.26. The molecule has 0 amide bonds. The Balaban J connectivity index is 2.12. The predicted molar refractivity (Wildman–Crippen MR) is 95.6 cm³/mol. The Morgan fingerprint density at radius 2 is 2.20 bits per heavy atom. The fourth-order valence-corrected chi connectivity index (χ4v) is 2.97. The predicted octanol–water partition coefficient (Wildman–Crippen LogP) is 2.41. The summed E-state index contributed by atoms with van der Waals surface area (Å²) >= 11 is 0. The van der Waals surface area contributed by atoms with Crippen molar-refractivity contribution in [3.05, 3.63) is 46.6 Å². The highest BCUT2D eigenvalue weighted by atomic mass is 16.5. The molecule has 0 spiro atoms. The molecule has 0 radical (unpaired) electrons. The van der Waals surface area contributed by atoms with Crippen LogP contribution in [0.25, 0.3) is 0 Å². The highest BCUT2D eigenvalue weighted by molar-refractivity contribution is 6.03. The van der Waals surface area contributed by atoms with Gasteiger partial charge in [0.2, 0.25) is 0 Å². The molecular formula is C18H23N5O2. The molecule has 0 bridgehead atoms. The summed E-state index contributed by atoms with van der Waals surface area (Å²) in [6, 6.07) is 7.60. The van der Waals surface area contributed by atoms with Crippen molar-refractivity contribution in [2.75, 3.05) is 7.11 Å². The Morgan fingerprint density at radius 3 is 2.80 bits per heavy atom. The summed E-state index contributed by atoms with van der Waals surface area (Å²) in [5, 5.41) is 8.98. The molecule has 132 valence electrons. The molecule has 2 N–H and O–H groups in total. The van der Waals surface area contributed by atoms with Gasteiger partial charge in [-0.3, -0.25) is 5.10 Å². The lowest BCUT2D eigenvalue weighted by Gasteiger charge is -2.38. The molecule has 1 unspecified atom stereocenters. The number of nitrogens with one attached hydrogen (secondary N) is 2. The molecule has 0 fully saturated rings. The number of carbonyl (C=O) groups excluding carboxylic acids is 1. The highest BCUT2D eigenvalue weighted by Gasteiger charge is 2.32. The van der Waals surface area contributed by atoms with Crippen molar-refractivity contribution in [1.29, 1.82) is 0 Å². The fourth-order valence-electron chi connectivity index (χ4n) is 2.97. The van der Waals surface area contributed by atoms with E-state index in [0.29, 0.717) is 18.3 Å². The minimum absolute atomic E-state index is 0.119.